The van der Waals surface area contributed by atoms with Crippen LogP contribution in [0.25, 0.3) is 10.9 Å². The second-order valence-electron chi connectivity index (χ2n) is 7.70. The van der Waals surface area contributed by atoms with Gasteiger partial charge in [-0.1, -0.05) is 11.6 Å². The minimum atomic E-state index is -0.509. The van der Waals surface area contributed by atoms with Crippen molar-refractivity contribution in [2.24, 2.45) is 0 Å². The Balaban J connectivity index is 1.46. The number of hydrogen-bond acceptors (Lipinski definition) is 5. The van der Waals surface area contributed by atoms with E-state index in [1.807, 2.05) is 24.3 Å². The highest BCUT2D eigenvalue weighted by Crippen LogP contribution is 2.28. The number of aromatic nitrogens is 2. The monoisotopic (exact) mass is 546 g/mol. The van der Waals surface area contributed by atoms with Crippen molar-refractivity contribution < 1.29 is 9.18 Å². The van der Waals surface area contributed by atoms with Gasteiger partial charge < -0.3 is 20.9 Å². The van der Waals surface area contributed by atoms with Crippen molar-refractivity contribution in [3.63, 3.8) is 0 Å². The van der Waals surface area contributed by atoms with E-state index in [0.717, 1.165) is 5.69 Å². The second kappa shape index (κ2) is 12.1. The van der Waals surface area contributed by atoms with Gasteiger partial charge in [-0.2, -0.15) is 0 Å². The molecule has 0 aliphatic rings. The maximum atomic E-state index is 13.5. The number of benzene rings is 3. The molecule has 0 spiro atoms. The summed E-state index contributed by atoms with van der Waals surface area (Å²) in [6, 6.07) is 16.6. The minimum absolute atomic E-state index is 0.00350. The number of carbonyl (C=O) groups excluding carboxylic acids is 1. The molecule has 0 bridgehead atoms. The van der Waals surface area contributed by atoms with Crippen LogP contribution < -0.4 is 20.9 Å². The quantitative estimate of drug-likeness (QED) is 0.195. The summed E-state index contributed by atoms with van der Waals surface area (Å²) in [5.41, 5.74) is 3.38. The Bertz CT molecular complexity index is 1350. The first-order chi connectivity index (χ1) is 17.5. The summed E-state index contributed by atoms with van der Waals surface area (Å²) in [6.07, 6.45) is 1.42. The van der Waals surface area contributed by atoms with Crippen molar-refractivity contribution >= 4 is 80.3 Å². The van der Waals surface area contributed by atoms with Gasteiger partial charge in [-0.3, -0.25) is 0 Å². The molecule has 1 aromatic heterocycles. The fraction of sp³-hybridized carbons (Fsp3) is 0.160. The molecule has 2 amide bonds. The van der Waals surface area contributed by atoms with E-state index in [0.29, 0.717) is 58.6 Å². The first kappa shape index (κ1) is 25.8. The molecule has 0 fully saturated rings. The average molecular weight is 548 g/mol. The maximum Gasteiger partial charge on any atom is 0.323 e. The number of rotatable bonds is 9. The molecule has 4 aromatic rings. The first-order valence-electron chi connectivity index (χ1n) is 11.0. The lowest BCUT2D eigenvalue weighted by Crippen LogP contribution is -2.27. The molecule has 0 aliphatic heterocycles. The van der Waals surface area contributed by atoms with E-state index in [-0.39, 0.29) is 5.02 Å². The van der Waals surface area contributed by atoms with Crippen molar-refractivity contribution in [1.29, 1.82) is 0 Å². The lowest BCUT2D eigenvalue weighted by Gasteiger charge is -2.23. The molecule has 3 aromatic carbocycles. The molecule has 0 atom stereocenters. The smallest absolute Gasteiger partial charge is 0.323 e. The number of alkyl halides is 2. The van der Waals surface area contributed by atoms with E-state index in [4.69, 9.17) is 34.8 Å². The molecule has 186 valence electrons. The van der Waals surface area contributed by atoms with Gasteiger partial charge in [-0.15, -0.1) is 23.2 Å². The summed E-state index contributed by atoms with van der Waals surface area (Å²) in [5.74, 6) is 0.959. The average Bonchev–Trinajstić information content (AvgIpc) is 2.87. The SMILES string of the molecule is O=C(Nc1ccc(N(CCCl)CCCl)cc1)Nc1ccc2ncnc(Nc3ccc(F)c(Cl)c3)c2c1. The van der Waals surface area contributed by atoms with Crippen molar-refractivity contribution in [3.05, 3.63) is 77.8 Å². The number of nitrogens with zero attached hydrogens (tertiary/aromatic N) is 3. The maximum absolute atomic E-state index is 13.5. The van der Waals surface area contributed by atoms with Crippen molar-refractivity contribution in [1.82, 2.24) is 9.97 Å². The lowest BCUT2D eigenvalue weighted by atomic mass is 10.2. The third-order valence-electron chi connectivity index (χ3n) is 5.27. The third-order valence-corrected chi connectivity index (χ3v) is 5.90. The summed E-state index contributed by atoms with van der Waals surface area (Å²) in [6.45, 7) is 1.36. The third kappa shape index (κ3) is 6.46. The first-order valence-corrected chi connectivity index (χ1v) is 12.4. The van der Waals surface area contributed by atoms with E-state index in [1.165, 1.54) is 18.5 Å². The Morgan fingerprint density at radius 1 is 0.861 bits per heavy atom. The van der Waals surface area contributed by atoms with Crippen molar-refractivity contribution in [2.75, 3.05) is 45.7 Å². The number of anilines is 5. The second-order valence-corrected chi connectivity index (χ2v) is 8.86. The Morgan fingerprint density at radius 3 is 2.22 bits per heavy atom. The van der Waals surface area contributed by atoms with Crippen LogP contribution in [0, 0.1) is 5.82 Å². The number of amides is 2. The Labute approximate surface area is 222 Å². The largest absolute Gasteiger partial charge is 0.369 e. The van der Waals surface area contributed by atoms with Gasteiger partial charge in [0, 0.05) is 53.0 Å². The normalized spacial score (nSPS) is 10.8. The lowest BCUT2D eigenvalue weighted by molar-refractivity contribution is 0.262. The Kier molecular flexibility index (Phi) is 8.64. The predicted molar refractivity (Wildman–Crippen MR) is 147 cm³/mol. The summed E-state index contributed by atoms with van der Waals surface area (Å²) >= 11 is 17.6. The van der Waals surface area contributed by atoms with Gasteiger partial charge >= 0.3 is 6.03 Å². The Morgan fingerprint density at radius 2 is 1.53 bits per heavy atom. The minimum Gasteiger partial charge on any atom is -0.369 e. The molecular formula is C25H22Cl3FN6O. The molecule has 4 rings (SSSR count). The summed E-state index contributed by atoms with van der Waals surface area (Å²) in [7, 11) is 0. The fourth-order valence-corrected chi connectivity index (χ4v) is 4.16. The van der Waals surface area contributed by atoms with E-state index in [1.54, 1.807) is 24.3 Å². The zero-order valence-corrected chi connectivity index (χ0v) is 21.2. The number of carbonyl (C=O) groups is 1. The molecule has 1 heterocycles. The van der Waals surface area contributed by atoms with Gasteiger partial charge in [0.25, 0.3) is 0 Å². The topological polar surface area (TPSA) is 82.2 Å². The molecule has 7 nitrogen and oxygen atoms in total. The summed E-state index contributed by atoms with van der Waals surface area (Å²) in [5, 5.41) is 9.41. The zero-order valence-electron chi connectivity index (χ0n) is 18.9. The number of halogens is 4. The van der Waals surface area contributed by atoms with E-state index in [2.05, 4.69) is 30.8 Å². The zero-order chi connectivity index (χ0) is 25.5. The molecular weight excluding hydrogens is 526 g/mol. The van der Waals surface area contributed by atoms with Crippen LogP contribution in [0.4, 0.5) is 37.8 Å². The van der Waals surface area contributed by atoms with E-state index in [9.17, 15) is 9.18 Å². The predicted octanol–water partition coefficient (Wildman–Crippen LogP) is 7.09. The fourth-order valence-electron chi connectivity index (χ4n) is 3.57. The van der Waals surface area contributed by atoms with E-state index < -0.39 is 11.8 Å². The number of urea groups is 1. The summed E-state index contributed by atoms with van der Waals surface area (Å²) < 4.78 is 13.5. The number of hydrogen-bond donors (Lipinski definition) is 3. The van der Waals surface area contributed by atoms with Gasteiger partial charge in [0.2, 0.25) is 0 Å². The number of fused-ring (bicyclic) bond motifs is 1. The molecule has 11 heteroatoms. The van der Waals surface area contributed by atoms with E-state index >= 15 is 0 Å². The van der Waals surface area contributed by atoms with Crippen LogP contribution in [-0.4, -0.2) is 40.8 Å². The van der Waals surface area contributed by atoms with Crippen LogP contribution in [0.3, 0.4) is 0 Å². The van der Waals surface area contributed by atoms with Crippen molar-refractivity contribution in [3.8, 4) is 0 Å². The van der Waals surface area contributed by atoms with Crippen LogP contribution >= 0.6 is 34.8 Å². The molecule has 0 saturated heterocycles. The summed E-state index contributed by atoms with van der Waals surface area (Å²) in [4.78, 5) is 23.2. The Hall–Kier alpha value is -3.33. The van der Waals surface area contributed by atoms with Crippen LogP contribution in [-0.2, 0) is 0 Å². The molecule has 0 radical (unpaired) electrons. The van der Waals surface area contributed by atoms with Gasteiger partial charge in [0.1, 0.15) is 18.0 Å². The van der Waals surface area contributed by atoms with Gasteiger partial charge in [-0.25, -0.2) is 19.2 Å². The molecule has 0 aliphatic carbocycles. The van der Waals surface area contributed by atoms with Crippen LogP contribution in [0.15, 0.2) is 67.0 Å². The molecule has 3 N–H and O–H groups in total. The van der Waals surface area contributed by atoms with Gasteiger partial charge in [0.15, 0.2) is 0 Å². The van der Waals surface area contributed by atoms with Crippen LogP contribution in [0.1, 0.15) is 0 Å². The van der Waals surface area contributed by atoms with Gasteiger partial charge in [-0.05, 0) is 60.7 Å². The number of nitrogens with one attached hydrogen (secondary N) is 3. The van der Waals surface area contributed by atoms with Crippen LogP contribution in [0.5, 0.6) is 0 Å². The molecule has 0 unspecified atom stereocenters. The van der Waals surface area contributed by atoms with Crippen molar-refractivity contribution in [2.45, 2.75) is 0 Å². The van der Waals surface area contributed by atoms with Gasteiger partial charge in [0.05, 0.1) is 10.5 Å². The highest BCUT2D eigenvalue weighted by Gasteiger charge is 2.10. The highest BCUT2D eigenvalue weighted by molar-refractivity contribution is 6.31. The molecule has 36 heavy (non-hydrogen) atoms. The highest BCUT2D eigenvalue weighted by atomic mass is 35.5. The van der Waals surface area contributed by atoms with Crippen LogP contribution in [0.2, 0.25) is 5.02 Å². The standard InChI is InChI=1S/C25H22Cl3FN6O/c26-9-11-35(12-10-27)19-5-1-16(2-6-19)33-25(36)34-17-4-8-23-20(13-17)24(31-15-30-23)32-18-3-7-22(29)21(28)14-18/h1-8,13-15H,9-12H2,(H,30,31,32)(H2,33,34,36). The molecule has 0 saturated carbocycles.